The normalized spacial score (nSPS) is 25.4. The monoisotopic (exact) mass is 191 g/mol. The SMILES string of the molecule is CC1(C)C=C(N2CC=CC2)C(=O)CC1. The summed E-state index contributed by atoms with van der Waals surface area (Å²) < 4.78 is 0. The van der Waals surface area contributed by atoms with E-state index in [1.54, 1.807) is 0 Å². The van der Waals surface area contributed by atoms with Gasteiger partial charge in [-0.05, 0) is 11.8 Å². The van der Waals surface area contributed by atoms with Gasteiger partial charge in [-0.25, -0.2) is 0 Å². The van der Waals surface area contributed by atoms with Crippen molar-refractivity contribution >= 4 is 5.78 Å². The zero-order valence-corrected chi connectivity index (χ0v) is 8.92. The molecule has 0 saturated carbocycles. The first-order chi connectivity index (χ1) is 6.58. The predicted molar refractivity (Wildman–Crippen MR) is 56.8 cm³/mol. The number of Topliss-reactive ketones (excluding diaryl/α,β-unsaturated/α-hetero) is 1. The summed E-state index contributed by atoms with van der Waals surface area (Å²) in [5, 5.41) is 0. The highest BCUT2D eigenvalue weighted by atomic mass is 16.1. The summed E-state index contributed by atoms with van der Waals surface area (Å²) in [5.41, 5.74) is 1.12. The van der Waals surface area contributed by atoms with Gasteiger partial charge in [0, 0.05) is 19.5 Å². The van der Waals surface area contributed by atoms with Gasteiger partial charge in [0.05, 0.1) is 5.70 Å². The Kier molecular flexibility index (Phi) is 2.22. The Hall–Kier alpha value is -1.05. The van der Waals surface area contributed by atoms with E-state index in [2.05, 4.69) is 37.0 Å². The average molecular weight is 191 g/mol. The van der Waals surface area contributed by atoms with Crippen LogP contribution >= 0.6 is 0 Å². The molecule has 0 spiro atoms. The lowest BCUT2D eigenvalue weighted by molar-refractivity contribution is -0.118. The zero-order chi connectivity index (χ0) is 10.2. The Labute approximate surface area is 85.3 Å². The van der Waals surface area contributed by atoms with Crippen LogP contribution < -0.4 is 0 Å². The molecule has 0 radical (unpaired) electrons. The number of ketones is 1. The van der Waals surface area contributed by atoms with Crippen LogP contribution in [0.25, 0.3) is 0 Å². The van der Waals surface area contributed by atoms with Crippen molar-refractivity contribution in [1.29, 1.82) is 0 Å². The molecule has 1 aliphatic carbocycles. The second-order valence-electron chi connectivity index (χ2n) is 4.82. The van der Waals surface area contributed by atoms with Crippen LogP contribution in [0.3, 0.4) is 0 Å². The number of carbonyl (C=O) groups excluding carboxylic acids is 1. The minimum atomic E-state index is 0.186. The molecule has 0 bridgehead atoms. The predicted octanol–water partition coefficient (Wildman–Crippen LogP) is 2.13. The maximum absolute atomic E-state index is 11.7. The third-order valence-electron chi connectivity index (χ3n) is 2.97. The number of nitrogens with zero attached hydrogens (tertiary/aromatic N) is 1. The van der Waals surface area contributed by atoms with Gasteiger partial charge < -0.3 is 4.90 Å². The summed E-state index contributed by atoms with van der Waals surface area (Å²) in [6, 6.07) is 0. The van der Waals surface area contributed by atoms with E-state index >= 15 is 0 Å². The van der Waals surface area contributed by atoms with Gasteiger partial charge >= 0.3 is 0 Å². The number of hydrogen-bond acceptors (Lipinski definition) is 2. The molecule has 2 aliphatic rings. The molecule has 0 saturated heterocycles. The van der Waals surface area contributed by atoms with E-state index in [4.69, 9.17) is 0 Å². The Morgan fingerprint density at radius 1 is 1.29 bits per heavy atom. The molecule has 0 aromatic carbocycles. The fourth-order valence-electron chi connectivity index (χ4n) is 2.03. The Balaban J connectivity index is 2.22. The molecule has 76 valence electrons. The van der Waals surface area contributed by atoms with Crippen LogP contribution in [0, 0.1) is 5.41 Å². The van der Waals surface area contributed by atoms with Gasteiger partial charge in [-0.3, -0.25) is 4.79 Å². The minimum absolute atomic E-state index is 0.186. The summed E-state index contributed by atoms with van der Waals surface area (Å²) in [6.45, 7) is 6.19. The molecule has 2 rings (SSSR count). The van der Waals surface area contributed by atoms with E-state index in [1.165, 1.54) is 0 Å². The highest BCUT2D eigenvalue weighted by Gasteiger charge is 2.28. The lowest BCUT2D eigenvalue weighted by Gasteiger charge is -2.31. The van der Waals surface area contributed by atoms with E-state index in [-0.39, 0.29) is 5.41 Å². The van der Waals surface area contributed by atoms with Gasteiger partial charge in [-0.1, -0.05) is 32.1 Å². The third-order valence-corrected chi connectivity index (χ3v) is 2.97. The van der Waals surface area contributed by atoms with Crippen LogP contribution in [0.15, 0.2) is 23.9 Å². The van der Waals surface area contributed by atoms with Crippen molar-refractivity contribution in [1.82, 2.24) is 4.90 Å². The smallest absolute Gasteiger partial charge is 0.178 e. The van der Waals surface area contributed by atoms with Crippen molar-refractivity contribution in [3.8, 4) is 0 Å². The van der Waals surface area contributed by atoms with Gasteiger partial charge in [-0.2, -0.15) is 0 Å². The van der Waals surface area contributed by atoms with Crippen LogP contribution in [0.2, 0.25) is 0 Å². The molecule has 0 N–H and O–H groups in total. The highest BCUT2D eigenvalue weighted by Crippen LogP contribution is 2.32. The lowest BCUT2D eigenvalue weighted by Crippen LogP contribution is -2.31. The van der Waals surface area contributed by atoms with E-state index in [0.29, 0.717) is 12.2 Å². The molecule has 2 nitrogen and oxygen atoms in total. The maximum Gasteiger partial charge on any atom is 0.178 e. The topological polar surface area (TPSA) is 20.3 Å². The first-order valence-electron chi connectivity index (χ1n) is 5.24. The molecule has 1 heterocycles. The largest absolute Gasteiger partial charge is 0.361 e. The summed E-state index contributed by atoms with van der Waals surface area (Å²) in [5.74, 6) is 0.313. The van der Waals surface area contributed by atoms with Gasteiger partial charge in [0.1, 0.15) is 0 Å². The number of allylic oxidation sites excluding steroid dienone is 2. The van der Waals surface area contributed by atoms with Crippen LogP contribution in [0.4, 0.5) is 0 Å². The Morgan fingerprint density at radius 3 is 2.57 bits per heavy atom. The van der Waals surface area contributed by atoms with Gasteiger partial charge in [0.2, 0.25) is 0 Å². The van der Waals surface area contributed by atoms with E-state index in [1.807, 2.05) is 0 Å². The van der Waals surface area contributed by atoms with Crippen molar-refractivity contribution in [3.63, 3.8) is 0 Å². The minimum Gasteiger partial charge on any atom is -0.361 e. The number of carbonyl (C=O) groups is 1. The van der Waals surface area contributed by atoms with Crippen molar-refractivity contribution < 1.29 is 4.79 Å². The fraction of sp³-hybridized carbons (Fsp3) is 0.583. The summed E-state index contributed by atoms with van der Waals surface area (Å²) in [4.78, 5) is 13.9. The van der Waals surface area contributed by atoms with Crippen LogP contribution in [0.1, 0.15) is 26.7 Å². The van der Waals surface area contributed by atoms with Gasteiger partial charge in [-0.15, -0.1) is 0 Å². The molecule has 2 heteroatoms. The molecular weight excluding hydrogens is 174 g/mol. The molecular formula is C12H17NO. The number of hydrogen-bond donors (Lipinski definition) is 0. The van der Waals surface area contributed by atoms with Crippen LogP contribution in [-0.2, 0) is 4.79 Å². The molecule has 0 atom stereocenters. The molecule has 0 aromatic rings. The van der Waals surface area contributed by atoms with Crippen molar-refractivity contribution in [2.45, 2.75) is 26.7 Å². The molecule has 0 unspecified atom stereocenters. The van der Waals surface area contributed by atoms with Crippen molar-refractivity contribution in [3.05, 3.63) is 23.9 Å². The molecule has 0 amide bonds. The van der Waals surface area contributed by atoms with Crippen LogP contribution in [-0.4, -0.2) is 23.8 Å². The summed E-state index contributed by atoms with van der Waals surface area (Å²) in [7, 11) is 0. The fourth-order valence-corrected chi connectivity index (χ4v) is 2.03. The molecule has 1 aliphatic heterocycles. The van der Waals surface area contributed by atoms with Gasteiger partial charge in [0.15, 0.2) is 5.78 Å². The van der Waals surface area contributed by atoms with Crippen molar-refractivity contribution in [2.75, 3.05) is 13.1 Å². The highest BCUT2D eigenvalue weighted by molar-refractivity contribution is 5.95. The summed E-state index contributed by atoms with van der Waals surface area (Å²) in [6.07, 6.45) is 8.07. The Bertz CT molecular complexity index is 304. The zero-order valence-electron chi connectivity index (χ0n) is 8.92. The quantitative estimate of drug-likeness (QED) is 0.592. The van der Waals surface area contributed by atoms with Crippen LogP contribution in [0.5, 0.6) is 0 Å². The second kappa shape index (κ2) is 3.26. The average Bonchev–Trinajstić information content (AvgIpc) is 2.62. The molecule has 14 heavy (non-hydrogen) atoms. The second-order valence-corrected chi connectivity index (χ2v) is 4.82. The van der Waals surface area contributed by atoms with Gasteiger partial charge in [0.25, 0.3) is 0 Å². The van der Waals surface area contributed by atoms with E-state index < -0.39 is 0 Å². The third kappa shape index (κ3) is 1.74. The summed E-state index contributed by atoms with van der Waals surface area (Å²) >= 11 is 0. The van der Waals surface area contributed by atoms with E-state index in [0.717, 1.165) is 25.2 Å². The first-order valence-corrected chi connectivity index (χ1v) is 5.24. The maximum atomic E-state index is 11.7. The van der Waals surface area contributed by atoms with Crippen molar-refractivity contribution in [2.24, 2.45) is 5.41 Å². The number of rotatable bonds is 1. The molecule has 0 aromatic heterocycles. The molecule has 0 fully saturated rings. The lowest BCUT2D eigenvalue weighted by atomic mass is 9.81. The van der Waals surface area contributed by atoms with E-state index in [9.17, 15) is 4.79 Å². The standard InChI is InChI=1S/C12H17NO/c1-12(2)6-5-11(14)10(9-12)13-7-3-4-8-13/h3-4,9H,5-8H2,1-2H3. The first kappa shape index (κ1) is 9.50. The Morgan fingerprint density at radius 2 is 1.93 bits per heavy atom.